The molecule has 18 heavy (non-hydrogen) atoms. The monoisotopic (exact) mass is 242 g/mol. The number of Topliss-reactive ketones (excluding diaryl/α,β-unsaturated/α-hetero) is 1. The molecule has 0 fully saturated rings. The Labute approximate surface area is 106 Å². The second-order valence-electron chi connectivity index (χ2n) is 4.04. The smallest absolute Gasteiger partial charge is 0.194 e. The zero-order valence-electron chi connectivity index (χ0n) is 9.97. The molecule has 4 nitrogen and oxygen atoms in total. The average molecular weight is 242 g/mol. The van der Waals surface area contributed by atoms with Crippen LogP contribution in [0, 0.1) is 22.7 Å². The zero-order valence-corrected chi connectivity index (χ0v) is 9.97. The highest BCUT2D eigenvalue weighted by atomic mass is 16.3. The van der Waals surface area contributed by atoms with E-state index in [0.717, 1.165) is 0 Å². The number of hydrogen-bond donors (Lipinski definition) is 1. The topological polar surface area (TPSA) is 84.9 Å². The SMILES string of the molecule is N#CCCC(O)(CCC#N)C(=O)c1ccccc1. The van der Waals surface area contributed by atoms with Crippen LogP contribution < -0.4 is 0 Å². The van der Waals surface area contributed by atoms with Gasteiger partial charge in [-0.1, -0.05) is 30.3 Å². The van der Waals surface area contributed by atoms with Crippen LogP contribution in [0.4, 0.5) is 0 Å². The van der Waals surface area contributed by atoms with Crippen molar-refractivity contribution < 1.29 is 9.90 Å². The first-order valence-electron chi connectivity index (χ1n) is 5.70. The molecule has 0 radical (unpaired) electrons. The van der Waals surface area contributed by atoms with Gasteiger partial charge in [0.25, 0.3) is 0 Å². The van der Waals surface area contributed by atoms with Gasteiger partial charge in [-0.15, -0.1) is 0 Å². The maximum atomic E-state index is 12.2. The van der Waals surface area contributed by atoms with Crippen molar-refractivity contribution in [3.05, 3.63) is 35.9 Å². The van der Waals surface area contributed by atoms with Gasteiger partial charge >= 0.3 is 0 Å². The van der Waals surface area contributed by atoms with Crippen LogP contribution in [-0.2, 0) is 0 Å². The Morgan fingerprint density at radius 1 is 1.11 bits per heavy atom. The number of hydrogen-bond acceptors (Lipinski definition) is 4. The molecule has 0 saturated carbocycles. The summed E-state index contributed by atoms with van der Waals surface area (Å²) >= 11 is 0. The van der Waals surface area contributed by atoms with Gasteiger partial charge in [-0.3, -0.25) is 4.79 Å². The standard InChI is InChI=1S/C14H14N2O2/c15-10-4-8-14(18,9-5-11-16)13(17)12-6-2-1-3-7-12/h1-3,6-7,18H,4-5,8-9H2. The lowest BCUT2D eigenvalue weighted by atomic mass is 9.85. The van der Waals surface area contributed by atoms with Crippen molar-refractivity contribution >= 4 is 5.78 Å². The summed E-state index contributed by atoms with van der Waals surface area (Å²) in [5.74, 6) is -0.423. The van der Waals surface area contributed by atoms with Crippen LogP contribution in [0.1, 0.15) is 36.0 Å². The summed E-state index contributed by atoms with van der Waals surface area (Å²) in [6.45, 7) is 0. The van der Waals surface area contributed by atoms with Crippen LogP contribution in [0.5, 0.6) is 0 Å². The summed E-state index contributed by atoms with van der Waals surface area (Å²) in [7, 11) is 0. The Hall–Kier alpha value is -2.17. The summed E-state index contributed by atoms with van der Waals surface area (Å²) in [4.78, 5) is 12.2. The first-order valence-corrected chi connectivity index (χ1v) is 5.70. The predicted molar refractivity (Wildman–Crippen MR) is 65.4 cm³/mol. The number of nitrogens with zero attached hydrogens (tertiary/aromatic N) is 2. The van der Waals surface area contributed by atoms with E-state index in [9.17, 15) is 9.90 Å². The van der Waals surface area contributed by atoms with E-state index in [0.29, 0.717) is 5.56 Å². The van der Waals surface area contributed by atoms with Crippen molar-refractivity contribution in [1.29, 1.82) is 10.5 Å². The highest BCUT2D eigenvalue weighted by Crippen LogP contribution is 2.24. The molecule has 0 aliphatic heterocycles. The number of ketones is 1. The van der Waals surface area contributed by atoms with Gasteiger partial charge in [-0.2, -0.15) is 10.5 Å². The molecule has 1 rings (SSSR count). The van der Waals surface area contributed by atoms with Crippen LogP contribution in [0.15, 0.2) is 30.3 Å². The maximum absolute atomic E-state index is 12.2. The van der Waals surface area contributed by atoms with E-state index in [1.165, 1.54) is 0 Å². The molecule has 0 bridgehead atoms. The predicted octanol–water partition coefficient (Wildman–Crippen LogP) is 2.21. The molecule has 0 aromatic heterocycles. The molecule has 0 aliphatic carbocycles. The van der Waals surface area contributed by atoms with Gasteiger partial charge in [-0.25, -0.2) is 0 Å². The normalized spacial score (nSPS) is 10.4. The molecule has 1 N–H and O–H groups in total. The first kappa shape index (κ1) is 13.9. The summed E-state index contributed by atoms with van der Waals surface area (Å²) < 4.78 is 0. The van der Waals surface area contributed by atoms with Gasteiger partial charge in [0.15, 0.2) is 5.78 Å². The minimum Gasteiger partial charge on any atom is -0.382 e. The minimum atomic E-state index is -1.62. The molecule has 0 saturated heterocycles. The Kier molecular flexibility index (Phi) is 5.05. The molecule has 1 aromatic carbocycles. The van der Waals surface area contributed by atoms with E-state index in [-0.39, 0.29) is 25.7 Å². The van der Waals surface area contributed by atoms with Crippen molar-refractivity contribution in [3.8, 4) is 12.1 Å². The van der Waals surface area contributed by atoms with Gasteiger partial charge < -0.3 is 5.11 Å². The average Bonchev–Trinajstić information content (AvgIpc) is 2.43. The van der Waals surface area contributed by atoms with E-state index in [1.807, 2.05) is 12.1 Å². The molecule has 0 unspecified atom stereocenters. The van der Waals surface area contributed by atoms with Crippen LogP contribution in [0.2, 0.25) is 0 Å². The van der Waals surface area contributed by atoms with Gasteiger partial charge in [0, 0.05) is 18.4 Å². The van der Waals surface area contributed by atoms with E-state index in [2.05, 4.69) is 0 Å². The number of benzene rings is 1. The van der Waals surface area contributed by atoms with Gasteiger partial charge in [0.1, 0.15) is 5.60 Å². The Morgan fingerprint density at radius 2 is 1.61 bits per heavy atom. The number of carbonyl (C=O) groups is 1. The molecule has 0 spiro atoms. The van der Waals surface area contributed by atoms with Gasteiger partial charge in [0.2, 0.25) is 0 Å². The van der Waals surface area contributed by atoms with Crippen LogP contribution in [-0.4, -0.2) is 16.5 Å². The molecule has 0 atom stereocenters. The van der Waals surface area contributed by atoms with Crippen molar-refractivity contribution in [1.82, 2.24) is 0 Å². The van der Waals surface area contributed by atoms with Crippen molar-refractivity contribution in [2.24, 2.45) is 0 Å². The summed E-state index contributed by atoms with van der Waals surface area (Å²) in [5.41, 5.74) is -1.22. The molecule has 92 valence electrons. The first-order chi connectivity index (χ1) is 8.64. The van der Waals surface area contributed by atoms with Gasteiger partial charge in [0.05, 0.1) is 12.1 Å². The fourth-order valence-electron chi connectivity index (χ4n) is 1.74. The largest absolute Gasteiger partial charge is 0.382 e. The van der Waals surface area contributed by atoms with E-state index in [4.69, 9.17) is 10.5 Å². The third-order valence-electron chi connectivity index (χ3n) is 2.76. The van der Waals surface area contributed by atoms with Crippen LogP contribution in [0.25, 0.3) is 0 Å². The summed E-state index contributed by atoms with van der Waals surface area (Å²) in [6.07, 6.45) is 0.277. The highest BCUT2D eigenvalue weighted by Gasteiger charge is 2.35. The van der Waals surface area contributed by atoms with Crippen LogP contribution >= 0.6 is 0 Å². The summed E-state index contributed by atoms with van der Waals surface area (Å²) in [6, 6.07) is 12.3. The molecule has 0 aliphatic rings. The highest BCUT2D eigenvalue weighted by molar-refractivity contribution is 6.02. The number of carbonyl (C=O) groups excluding carboxylic acids is 1. The molecule has 0 amide bonds. The van der Waals surface area contributed by atoms with E-state index >= 15 is 0 Å². The maximum Gasteiger partial charge on any atom is 0.194 e. The number of rotatable bonds is 6. The van der Waals surface area contributed by atoms with Gasteiger partial charge in [-0.05, 0) is 12.8 Å². The summed E-state index contributed by atoms with van der Waals surface area (Å²) in [5, 5.41) is 27.5. The quantitative estimate of drug-likeness (QED) is 0.775. The number of aliphatic hydroxyl groups is 1. The Bertz CT molecular complexity index is 465. The molecular weight excluding hydrogens is 228 g/mol. The zero-order chi connectivity index (χ0) is 13.4. The van der Waals surface area contributed by atoms with E-state index < -0.39 is 11.4 Å². The van der Waals surface area contributed by atoms with E-state index in [1.54, 1.807) is 30.3 Å². The van der Waals surface area contributed by atoms with Crippen LogP contribution in [0.3, 0.4) is 0 Å². The lowest BCUT2D eigenvalue weighted by molar-refractivity contribution is 0.0240. The second-order valence-corrected chi connectivity index (χ2v) is 4.04. The fourth-order valence-corrected chi connectivity index (χ4v) is 1.74. The van der Waals surface area contributed by atoms with Crippen molar-refractivity contribution in [2.45, 2.75) is 31.3 Å². The molecule has 0 heterocycles. The Balaban J connectivity index is 2.93. The molecule has 4 heteroatoms. The van der Waals surface area contributed by atoms with Crippen molar-refractivity contribution in [3.63, 3.8) is 0 Å². The second kappa shape index (κ2) is 6.54. The third kappa shape index (κ3) is 3.41. The lowest BCUT2D eigenvalue weighted by Gasteiger charge is -2.24. The Morgan fingerprint density at radius 3 is 2.06 bits per heavy atom. The fraction of sp³-hybridized carbons (Fsp3) is 0.357. The van der Waals surface area contributed by atoms with Crippen molar-refractivity contribution in [2.75, 3.05) is 0 Å². The lowest BCUT2D eigenvalue weighted by Crippen LogP contribution is -2.38. The minimum absolute atomic E-state index is 0.0545. The third-order valence-corrected chi connectivity index (χ3v) is 2.76. The molecule has 1 aromatic rings. The molecular formula is C14H14N2O2. The number of nitriles is 2.